The van der Waals surface area contributed by atoms with Gasteiger partial charge in [-0.3, -0.25) is 0 Å². The standard InChI is InChI=1S/C10H23N2O2/c1-12(5-3-11-4-6-12)7-8-14-10-9-13-2/h11H,3-10H2,1-2H3/q+1. The van der Waals surface area contributed by atoms with Crippen molar-refractivity contribution in [1.82, 2.24) is 5.32 Å². The molecule has 0 amide bonds. The molecular weight excluding hydrogens is 180 g/mol. The minimum atomic E-state index is 0.700. The molecule has 1 rings (SSSR count). The van der Waals surface area contributed by atoms with Crippen molar-refractivity contribution in [2.24, 2.45) is 0 Å². The van der Waals surface area contributed by atoms with Gasteiger partial charge in [-0.05, 0) is 0 Å². The Morgan fingerprint density at radius 1 is 1.14 bits per heavy atom. The predicted molar refractivity (Wildman–Crippen MR) is 56.4 cm³/mol. The largest absolute Gasteiger partial charge is 0.382 e. The molecule has 0 aliphatic carbocycles. The molecule has 1 fully saturated rings. The first-order valence-electron chi connectivity index (χ1n) is 5.38. The lowest BCUT2D eigenvalue weighted by Gasteiger charge is -2.37. The summed E-state index contributed by atoms with van der Waals surface area (Å²) >= 11 is 0. The first-order valence-corrected chi connectivity index (χ1v) is 5.38. The molecule has 1 N–H and O–H groups in total. The second-order valence-electron chi connectivity index (χ2n) is 4.15. The van der Waals surface area contributed by atoms with E-state index in [2.05, 4.69) is 12.4 Å². The highest BCUT2D eigenvalue weighted by Gasteiger charge is 2.23. The van der Waals surface area contributed by atoms with Crippen LogP contribution in [0, 0.1) is 0 Å². The van der Waals surface area contributed by atoms with E-state index in [4.69, 9.17) is 9.47 Å². The number of piperazine rings is 1. The summed E-state index contributed by atoms with van der Waals surface area (Å²) in [5.41, 5.74) is 0. The van der Waals surface area contributed by atoms with Crippen LogP contribution in [0.3, 0.4) is 0 Å². The van der Waals surface area contributed by atoms with Gasteiger partial charge in [0.25, 0.3) is 0 Å². The van der Waals surface area contributed by atoms with Crippen LogP contribution < -0.4 is 5.32 Å². The zero-order chi connectivity index (χ0) is 10.3. The van der Waals surface area contributed by atoms with Gasteiger partial charge in [0, 0.05) is 20.2 Å². The second kappa shape index (κ2) is 6.35. The molecule has 0 radical (unpaired) electrons. The third kappa shape index (κ3) is 4.37. The maximum absolute atomic E-state index is 5.48. The van der Waals surface area contributed by atoms with Crippen LogP contribution in [-0.4, -0.2) is 71.2 Å². The monoisotopic (exact) mass is 203 g/mol. The smallest absolute Gasteiger partial charge is 0.102 e. The summed E-state index contributed by atoms with van der Waals surface area (Å²) in [6, 6.07) is 0. The molecule has 0 aromatic heterocycles. The van der Waals surface area contributed by atoms with Gasteiger partial charge in [0.2, 0.25) is 0 Å². The highest BCUT2D eigenvalue weighted by atomic mass is 16.5. The molecule has 1 saturated heterocycles. The number of methoxy groups -OCH3 is 1. The topological polar surface area (TPSA) is 30.5 Å². The summed E-state index contributed by atoms with van der Waals surface area (Å²) in [5, 5.41) is 3.37. The molecule has 0 spiro atoms. The molecule has 0 saturated carbocycles. The quantitative estimate of drug-likeness (QED) is 0.475. The Morgan fingerprint density at radius 2 is 1.86 bits per heavy atom. The van der Waals surface area contributed by atoms with Crippen molar-refractivity contribution in [3.05, 3.63) is 0 Å². The number of nitrogens with zero attached hydrogens (tertiary/aromatic N) is 1. The molecule has 0 atom stereocenters. The lowest BCUT2D eigenvalue weighted by Crippen LogP contribution is -2.57. The molecule has 4 nitrogen and oxygen atoms in total. The number of hydrogen-bond acceptors (Lipinski definition) is 3. The number of hydrogen-bond donors (Lipinski definition) is 1. The third-order valence-corrected chi connectivity index (χ3v) is 2.86. The van der Waals surface area contributed by atoms with Crippen LogP contribution in [0.15, 0.2) is 0 Å². The van der Waals surface area contributed by atoms with E-state index < -0.39 is 0 Å². The van der Waals surface area contributed by atoms with E-state index in [1.165, 1.54) is 13.1 Å². The van der Waals surface area contributed by atoms with E-state index in [9.17, 15) is 0 Å². The van der Waals surface area contributed by atoms with Crippen LogP contribution in [0.25, 0.3) is 0 Å². The van der Waals surface area contributed by atoms with Crippen molar-refractivity contribution in [3.63, 3.8) is 0 Å². The molecule has 1 aliphatic heterocycles. The van der Waals surface area contributed by atoms with Gasteiger partial charge in [-0.2, -0.15) is 0 Å². The van der Waals surface area contributed by atoms with Crippen LogP contribution >= 0.6 is 0 Å². The first kappa shape index (κ1) is 11.9. The van der Waals surface area contributed by atoms with Crippen molar-refractivity contribution in [2.45, 2.75) is 0 Å². The van der Waals surface area contributed by atoms with Crippen molar-refractivity contribution in [2.75, 3.05) is 66.7 Å². The average molecular weight is 203 g/mol. The van der Waals surface area contributed by atoms with Crippen LogP contribution in [0.5, 0.6) is 0 Å². The molecule has 1 heterocycles. The Bertz CT molecular complexity index is 147. The Labute approximate surface area is 86.8 Å². The Hall–Kier alpha value is -0.160. The van der Waals surface area contributed by atoms with Crippen LogP contribution in [0.1, 0.15) is 0 Å². The highest BCUT2D eigenvalue weighted by Crippen LogP contribution is 2.03. The molecule has 0 aromatic carbocycles. The van der Waals surface area contributed by atoms with Gasteiger partial charge in [0.1, 0.15) is 6.54 Å². The van der Waals surface area contributed by atoms with E-state index >= 15 is 0 Å². The van der Waals surface area contributed by atoms with Crippen molar-refractivity contribution < 1.29 is 14.0 Å². The van der Waals surface area contributed by atoms with Crippen LogP contribution in [0.4, 0.5) is 0 Å². The van der Waals surface area contributed by atoms with Crippen molar-refractivity contribution >= 4 is 0 Å². The SMILES string of the molecule is COCCOCC[N+]1(C)CCNCC1. The number of rotatable bonds is 6. The number of ether oxygens (including phenoxy) is 2. The lowest BCUT2D eigenvalue weighted by molar-refractivity contribution is -0.911. The highest BCUT2D eigenvalue weighted by molar-refractivity contribution is 4.54. The van der Waals surface area contributed by atoms with E-state index in [0.29, 0.717) is 6.61 Å². The summed E-state index contributed by atoms with van der Waals surface area (Å²) < 4.78 is 11.5. The second-order valence-corrected chi connectivity index (χ2v) is 4.15. The fourth-order valence-corrected chi connectivity index (χ4v) is 1.69. The van der Waals surface area contributed by atoms with Gasteiger partial charge in [-0.25, -0.2) is 0 Å². The summed E-state index contributed by atoms with van der Waals surface area (Å²) in [4.78, 5) is 0. The molecule has 1 aliphatic rings. The van der Waals surface area contributed by atoms with E-state index in [1.807, 2.05) is 0 Å². The average Bonchev–Trinajstić information content (AvgIpc) is 2.18. The summed E-state index contributed by atoms with van der Waals surface area (Å²) in [6.45, 7) is 8.08. The fraction of sp³-hybridized carbons (Fsp3) is 1.00. The van der Waals surface area contributed by atoms with E-state index in [1.54, 1.807) is 7.11 Å². The minimum absolute atomic E-state index is 0.700. The zero-order valence-corrected chi connectivity index (χ0v) is 9.42. The van der Waals surface area contributed by atoms with E-state index in [-0.39, 0.29) is 0 Å². The maximum atomic E-state index is 5.48. The van der Waals surface area contributed by atoms with Crippen molar-refractivity contribution in [1.29, 1.82) is 0 Å². The lowest BCUT2D eigenvalue weighted by atomic mass is 10.3. The van der Waals surface area contributed by atoms with Gasteiger partial charge < -0.3 is 19.3 Å². The van der Waals surface area contributed by atoms with Gasteiger partial charge in [0.05, 0.1) is 40.0 Å². The molecule has 0 aromatic rings. The Kier molecular flexibility index (Phi) is 5.40. The molecule has 0 unspecified atom stereocenters. The maximum Gasteiger partial charge on any atom is 0.102 e. The normalized spacial score (nSPS) is 21.0. The van der Waals surface area contributed by atoms with Gasteiger partial charge >= 0.3 is 0 Å². The third-order valence-electron chi connectivity index (χ3n) is 2.86. The van der Waals surface area contributed by atoms with Crippen LogP contribution in [-0.2, 0) is 9.47 Å². The number of likely N-dealkylation sites (N-methyl/N-ethyl adjacent to an activating group) is 1. The van der Waals surface area contributed by atoms with Gasteiger partial charge in [-0.1, -0.05) is 0 Å². The van der Waals surface area contributed by atoms with Gasteiger partial charge in [0.15, 0.2) is 0 Å². The minimum Gasteiger partial charge on any atom is -0.382 e. The van der Waals surface area contributed by atoms with Gasteiger partial charge in [-0.15, -0.1) is 0 Å². The first-order chi connectivity index (χ1) is 6.77. The zero-order valence-electron chi connectivity index (χ0n) is 9.42. The summed E-state index contributed by atoms with van der Waals surface area (Å²) in [7, 11) is 4.01. The Morgan fingerprint density at radius 3 is 2.50 bits per heavy atom. The predicted octanol–water partition coefficient (Wildman–Crippen LogP) is -0.301. The molecule has 84 valence electrons. The van der Waals surface area contributed by atoms with Crippen molar-refractivity contribution in [3.8, 4) is 0 Å². The molecule has 4 heteroatoms. The van der Waals surface area contributed by atoms with E-state index in [0.717, 1.165) is 37.3 Å². The molecule has 14 heavy (non-hydrogen) atoms. The number of quaternary nitrogens is 1. The summed E-state index contributed by atoms with van der Waals surface area (Å²) in [5.74, 6) is 0. The fourth-order valence-electron chi connectivity index (χ4n) is 1.69. The summed E-state index contributed by atoms with van der Waals surface area (Å²) in [6.07, 6.45) is 0. The molecule has 0 bridgehead atoms. The Balaban J connectivity index is 2.03. The number of nitrogens with one attached hydrogen (secondary N) is 1. The molecular formula is C10H23N2O2+. The van der Waals surface area contributed by atoms with Crippen LogP contribution in [0.2, 0.25) is 0 Å².